The Bertz CT molecular complexity index is 541. The Morgan fingerprint density at radius 3 is 3.10 bits per heavy atom. The second-order valence-corrected chi connectivity index (χ2v) is 6.17. The molecule has 0 bridgehead atoms. The van der Waals surface area contributed by atoms with Gasteiger partial charge in [0.2, 0.25) is 0 Å². The van der Waals surface area contributed by atoms with Crippen LogP contribution >= 0.6 is 11.3 Å². The number of amides is 1. The quantitative estimate of drug-likeness (QED) is 0.823. The smallest absolute Gasteiger partial charge is 0.261 e. The van der Waals surface area contributed by atoms with Gasteiger partial charge >= 0.3 is 0 Å². The summed E-state index contributed by atoms with van der Waals surface area (Å²) in [5.74, 6) is 5.84. The molecule has 1 aliphatic heterocycles. The van der Waals surface area contributed by atoms with Gasteiger partial charge in [-0.1, -0.05) is 11.8 Å². The number of hydrogen-bond donors (Lipinski definition) is 2. The fraction of sp³-hybridized carbons (Fsp3) is 0.533. The van der Waals surface area contributed by atoms with Crippen molar-refractivity contribution in [1.82, 2.24) is 10.2 Å². The summed E-state index contributed by atoms with van der Waals surface area (Å²) >= 11 is 1.44. The molecule has 0 saturated carbocycles. The number of carbonyl (C=O) groups is 1. The van der Waals surface area contributed by atoms with Crippen LogP contribution in [0.15, 0.2) is 6.07 Å². The zero-order valence-electron chi connectivity index (χ0n) is 12.0. The first-order chi connectivity index (χ1) is 9.61. The summed E-state index contributed by atoms with van der Waals surface area (Å²) in [4.78, 5) is 16.1. The molecule has 0 spiro atoms. The number of thiophene rings is 1. The van der Waals surface area contributed by atoms with Gasteiger partial charge in [-0.25, -0.2) is 0 Å². The molecule has 4 nitrogen and oxygen atoms in total. The number of carbonyl (C=O) groups excluding carboxylic acids is 1. The van der Waals surface area contributed by atoms with Gasteiger partial charge in [0.1, 0.15) is 0 Å². The highest BCUT2D eigenvalue weighted by Gasteiger charge is 2.21. The maximum absolute atomic E-state index is 12.2. The molecule has 1 amide bonds. The normalized spacial score (nSPS) is 18.6. The van der Waals surface area contributed by atoms with Gasteiger partial charge in [-0.05, 0) is 45.0 Å². The summed E-state index contributed by atoms with van der Waals surface area (Å²) in [5, 5.41) is 3.02. The lowest BCUT2D eigenvalue weighted by Crippen LogP contribution is -2.37. The van der Waals surface area contributed by atoms with E-state index in [1.54, 1.807) is 0 Å². The Balaban J connectivity index is 1.95. The first kappa shape index (κ1) is 15.0. The van der Waals surface area contributed by atoms with E-state index in [2.05, 4.69) is 29.1 Å². The van der Waals surface area contributed by atoms with E-state index < -0.39 is 0 Å². The molecule has 1 unspecified atom stereocenters. The van der Waals surface area contributed by atoms with Crippen LogP contribution in [0.3, 0.4) is 0 Å². The van der Waals surface area contributed by atoms with Crippen LogP contribution in [0.1, 0.15) is 33.0 Å². The van der Waals surface area contributed by atoms with Gasteiger partial charge in [-0.3, -0.25) is 4.79 Å². The van der Waals surface area contributed by atoms with Gasteiger partial charge in [0.05, 0.1) is 16.3 Å². The minimum Gasteiger partial charge on any atom is -0.350 e. The van der Waals surface area contributed by atoms with E-state index in [-0.39, 0.29) is 5.91 Å². The lowest BCUT2D eigenvalue weighted by Gasteiger charge is -2.19. The molecule has 1 atom stereocenters. The highest BCUT2D eigenvalue weighted by atomic mass is 32.1. The Morgan fingerprint density at radius 1 is 1.65 bits per heavy atom. The van der Waals surface area contributed by atoms with Crippen molar-refractivity contribution in [1.29, 1.82) is 0 Å². The molecular formula is C15H21N3OS. The number of aryl methyl sites for hydroxylation is 1. The molecule has 2 rings (SSSR count). The molecule has 0 aliphatic carbocycles. The first-order valence-electron chi connectivity index (χ1n) is 6.89. The van der Waals surface area contributed by atoms with Crippen molar-refractivity contribution in [2.45, 2.75) is 25.8 Å². The number of nitrogens with two attached hydrogens (primary N) is 1. The van der Waals surface area contributed by atoms with Crippen molar-refractivity contribution >= 4 is 17.2 Å². The molecule has 0 aromatic carbocycles. The second kappa shape index (κ2) is 6.89. The molecule has 20 heavy (non-hydrogen) atoms. The SMILES string of the molecule is Cc1cc(C(=O)NCC2CCCN2C)sc1C#CCN. The third-order valence-electron chi connectivity index (χ3n) is 3.62. The minimum atomic E-state index is -0.000742. The predicted octanol–water partition coefficient (Wildman–Crippen LogP) is 1.19. The van der Waals surface area contributed by atoms with Crippen LogP contribution in [0.5, 0.6) is 0 Å². The van der Waals surface area contributed by atoms with Gasteiger partial charge in [-0.15, -0.1) is 11.3 Å². The van der Waals surface area contributed by atoms with Gasteiger partial charge in [0.15, 0.2) is 0 Å². The fourth-order valence-electron chi connectivity index (χ4n) is 2.38. The number of rotatable bonds is 3. The molecule has 1 saturated heterocycles. The second-order valence-electron chi connectivity index (χ2n) is 5.12. The third kappa shape index (κ3) is 3.60. The lowest BCUT2D eigenvalue weighted by atomic mass is 10.2. The summed E-state index contributed by atoms with van der Waals surface area (Å²) in [6.45, 7) is 4.15. The molecule has 2 heterocycles. The predicted molar refractivity (Wildman–Crippen MR) is 83.0 cm³/mol. The summed E-state index contributed by atoms with van der Waals surface area (Å²) in [5.41, 5.74) is 6.41. The van der Waals surface area contributed by atoms with E-state index in [1.165, 1.54) is 17.8 Å². The fourth-order valence-corrected chi connectivity index (χ4v) is 3.35. The van der Waals surface area contributed by atoms with Gasteiger partial charge in [0.25, 0.3) is 5.91 Å². The maximum Gasteiger partial charge on any atom is 0.261 e. The first-order valence-corrected chi connectivity index (χ1v) is 7.71. The molecule has 3 N–H and O–H groups in total. The number of nitrogens with zero attached hydrogens (tertiary/aromatic N) is 1. The van der Waals surface area contributed by atoms with Crippen molar-refractivity contribution in [3.63, 3.8) is 0 Å². The number of likely N-dealkylation sites (N-methyl/N-ethyl adjacent to an activating group) is 1. The summed E-state index contributed by atoms with van der Waals surface area (Å²) in [6.07, 6.45) is 2.38. The van der Waals surface area contributed by atoms with Gasteiger partial charge < -0.3 is 16.0 Å². The van der Waals surface area contributed by atoms with Crippen molar-refractivity contribution in [3.05, 3.63) is 21.4 Å². The summed E-state index contributed by atoms with van der Waals surface area (Å²) < 4.78 is 0. The monoisotopic (exact) mass is 291 g/mol. The van der Waals surface area contributed by atoms with Crippen LogP contribution in [0, 0.1) is 18.8 Å². The Morgan fingerprint density at radius 2 is 2.45 bits per heavy atom. The van der Waals surface area contributed by atoms with E-state index in [0.717, 1.165) is 34.8 Å². The zero-order valence-corrected chi connectivity index (χ0v) is 12.8. The number of nitrogens with one attached hydrogen (secondary N) is 1. The van der Waals surface area contributed by atoms with Gasteiger partial charge in [-0.2, -0.15) is 0 Å². The number of hydrogen-bond acceptors (Lipinski definition) is 4. The van der Waals surface area contributed by atoms with Crippen molar-refractivity contribution < 1.29 is 4.79 Å². The van der Waals surface area contributed by atoms with Crippen molar-refractivity contribution in [2.24, 2.45) is 5.73 Å². The Labute approximate surface area is 124 Å². The van der Waals surface area contributed by atoms with Crippen molar-refractivity contribution in [3.8, 4) is 11.8 Å². The largest absolute Gasteiger partial charge is 0.350 e. The lowest BCUT2D eigenvalue weighted by molar-refractivity contribution is 0.0947. The highest BCUT2D eigenvalue weighted by Crippen LogP contribution is 2.21. The van der Waals surface area contributed by atoms with Crippen LogP contribution in [0.25, 0.3) is 0 Å². The van der Waals surface area contributed by atoms with E-state index in [0.29, 0.717) is 12.6 Å². The zero-order chi connectivity index (χ0) is 14.5. The average molecular weight is 291 g/mol. The molecule has 0 radical (unpaired) electrons. The molecule has 1 aromatic rings. The van der Waals surface area contributed by atoms with Crippen LogP contribution < -0.4 is 11.1 Å². The topological polar surface area (TPSA) is 58.4 Å². The average Bonchev–Trinajstić information content (AvgIpc) is 3.00. The van der Waals surface area contributed by atoms with Crippen LogP contribution in [-0.2, 0) is 0 Å². The van der Waals surface area contributed by atoms with Crippen molar-refractivity contribution in [2.75, 3.05) is 26.7 Å². The van der Waals surface area contributed by atoms with E-state index in [9.17, 15) is 4.79 Å². The van der Waals surface area contributed by atoms with E-state index >= 15 is 0 Å². The van der Waals surface area contributed by atoms with Crippen LogP contribution in [0.2, 0.25) is 0 Å². The van der Waals surface area contributed by atoms with E-state index in [4.69, 9.17) is 5.73 Å². The van der Waals surface area contributed by atoms with E-state index in [1.807, 2.05) is 13.0 Å². The molecule has 5 heteroatoms. The molecule has 1 aliphatic rings. The standard InChI is InChI=1S/C15H21N3OS/c1-11-9-14(20-13(11)6-3-7-16)15(19)17-10-12-5-4-8-18(12)2/h9,12H,4-5,7-8,10,16H2,1-2H3,(H,17,19). The number of likely N-dealkylation sites (tertiary alicyclic amines) is 1. The summed E-state index contributed by atoms with van der Waals surface area (Å²) in [7, 11) is 2.11. The molecule has 1 fully saturated rings. The Kier molecular flexibility index (Phi) is 5.18. The summed E-state index contributed by atoms with van der Waals surface area (Å²) in [6, 6.07) is 2.37. The molecule has 1 aromatic heterocycles. The maximum atomic E-state index is 12.2. The third-order valence-corrected chi connectivity index (χ3v) is 4.77. The molecular weight excluding hydrogens is 270 g/mol. The highest BCUT2D eigenvalue weighted by molar-refractivity contribution is 7.14. The Hall–Kier alpha value is -1.35. The molecule has 108 valence electrons. The minimum absolute atomic E-state index is 0.000742. The van der Waals surface area contributed by atoms with Crippen LogP contribution in [-0.4, -0.2) is 43.5 Å². The van der Waals surface area contributed by atoms with Gasteiger partial charge in [0, 0.05) is 12.6 Å². The van der Waals surface area contributed by atoms with Crippen LogP contribution in [0.4, 0.5) is 0 Å².